The molecule has 0 spiro atoms. The summed E-state index contributed by atoms with van der Waals surface area (Å²) in [7, 11) is 1.61. The van der Waals surface area contributed by atoms with Crippen LogP contribution in [0.5, 0.6) is 5.75 Å². The molecule has 1 unspecified atom stereocenters. The predicted molar refractivity (Wildman–Crippen MR) is 112 cm³/mol. The molecule has 6 heteroatoms. The normalized spacial score (nSPS) is 11.5. The number of nitro groups is 1. The molecule has 6 nitrogen and oxygen atoms in total. The highest BCUT2D eigenvalue weighted by atomic mass is 16.6. The second-order valence-corrected chi connectivity index (χ2v) is 6.75. The van der Waals surface area contributed by atoms with Crippen LogP contribution in [-0.2, 0) is 4.79 Å². The number of nitrogens with one attached hydrogen (secondary N) is 1. The molecule has 0 saturated heterocycles. The van der Waals surface area contributed by atoms with E-state index in [1.165, 1.54) is 12.1 Å². The van der Waals surface area contributed by atoms with Crippen molar-refractivity contribution in [2.45, 2.75) is 19.3 Å². The molecule has 3 rings (SSSR count). The molecule has 0 saturated carbocycles. The Hall–Kier alpha value is -3.67. The second-order valence-electron chi connectivity index (χ2n) is 6.75. The van der Waals surface area contributed by atoms with Gasteiger partial charge in [-0.2, -0.15) is 0 Å². The molecule has 0 fully saturated rings. The zero-order valence-electron chi connectivity index (χ0n) is 16.3. The molecule has 1 amide bonds. The Balaban J connectivity index is 1.85. The number of rotatable bonds is 7. The van der Waals surface area contributed by atoms with E-state index in [-0.39, 0.29) is 23.9 Å². The van der Waals surface area contributed by atoms with Crippen LogP contribution in [0.4, 0.5) is 11.4 Å². The maximum Gasteiger partial charge on any atom is 0.271 e. The molecular formula is C23H22N2O4. The molecule has 148 valence electrons. The minimum Gasteiger partial charge on any atom is -0.497 e. The average molecular weight is 390 g/mol. The van der Waals surface area contributed by atoms with Crippen molar-refractivity contribution < 1.29 is 14.5 Å². The number of non-ortho nitro benzene ring substituents is 1. The summed E-state index contributed by atoms with van der Waals surface area (Å²) in [6.07, 6.45) is 0.207. The lowest BCUT2D eigenvalue weighted by molar-refractivity contribution is -0.384. The van der Waals surface area contributed by atoms with Crippen LogP contribution in [-0.4, -0.2) is 17.9 Å². The van der Waals surface area contributed by atoms with E-state index in [0.717, 1.165) is 22.4 Å². The molecular weight excluding hydrogens is 368 g/mol. The zero-order valence-corrected chi connectivity index (χ0v) is 16.3. The number of ether oxygens (including phenoxy) is 1. The topological polar surface area (TPSA) is 81.5 Å². The standard InChI is InChI=1S/C23H22N2O4/c1-16-8-11-19(25(27)28)14-22(16)24-23(26)15-21(17-6-4-3-5-7-17)18-9-12-20(29-2)13-10-18/h3-14,21H,15H2,1-2H3,(H,24,26). The lowest BCUT2D eigenvalue weighted by Crippen LogP contribution is -2.17. The minimum atomic E-state index is -0.473. The zero-order chi connectivity index (χ0) is 20.8. The van der Waals surface area contributed by atoms with E-state index in [1.807, 2.05) is 54.6 Å². The van der Waals surface area contributed by atoms with Gasteiger partial charge in [0, 0.05) is 24.5 Å². The van der Waals surface area contributed by atoms with Crippen LogP contribution in [0.25, 0.3) is 0 Å². The van der Waals surface area contributed by atoms with Crippen LogP contribution in [0.15, 0.2) is 72.8 Å². The van der Waals surface area contributed by atoms with Crippen molar-refractivity contribution >= 4 is 17.3 Å². The Kier molecular flexibility index (Phi) is 6.24. The molecule has 1 atom stereocenters. The number of nitro benzene ring substituents is 1. The highest BCUT2D eigenvalue weighted by Gasteiger charge is 2.19. The van der Waals surface area contributed by atoms with Gasteiger partial charge in [-0.05, 0) is 35.7 Å². The van der Waals surface area contributed by atoms with Crippen molar-refractivity contribution in [2.75, 3.05) is 12.4 Å². The van der Waals surface area contributed by atoms with E-state index in [4.69, 9.17) is 4.74 Å². The number of carbonyl (C=O) groups is 1. The summed E-state index contributed by atoms with van der Waals surface area (Å²) in [5, 5.41) is 13.9. The van der Waals surface area contributed by atoms with E-state index in [9.17, 15) is 14.9 Å². The molecule has 29 heavy (non-hydrogen) atoms. The first-order valence-electron chi connectivity index (χ1n) is 9.21. The van der Waals surface area contributed by atoms with Gasteiger partial charge in [0.25, 0.3) is 5.69 Å². The van der Waals surface area contributed by atoms with Gasteiger partial charge in [0.1, 0.15) is 5.75 Å². The van der Waals surface area contributed by atoms with Gasteiger partial charge in [0.05, 0.1) is 17.7 Å². The highest BCUT2D eigenvalue weighted by Crippen LogP contribution is 2.30. The largest absolute Gasteiger partial charge is 0.497 e. The number of hydrogen-bond donors (Lipinski definition) is 1. The quantitative estimate of drug-likeness (QED) is 0.451. The highest BCUT2D eigenvalue weighted by molar-refractivity contribution is 5.92. The number of carbonyl (C=O) groups excluding carboxylic acids is 1. The maximum absolute atomic E-state index is 12.8. The van der Waals surface area contributed by atoms with E-state index >= 15 is 0 Å². The number of nitrogens with zero attached hydrogens (tertiary/aromatic N) is 1. The summed E-state index contributed by atoms with van der Waals surface area (Å²) in [6.45, 7) is 1.80. The molecule has 0 heterocycles. The van der Waals surface area contributed by atoms with Gasteiger partial charge in [-0.3, -0.25) is 14.9 Å². The fraction of sp³-hybridized carbons (Fsp3) is 0.174. The van der Waals surface area contributed by atoms with Crippen molar-refractivity contribution in [3.05, 3.63) is 99.6 Å². The Morgan fingerprint density at radius 1 is 1.03 bits per heavy atom. The van der Waals surface area contributed by atoms with Crippen LogP contribution < -0.4 is 10.1 Å². The van der Waals surface area contributed by atoms with Crippen molar-refractivity contribution in [1.29, 1.82) is 0 Å². The average Bonchev–Trinajstić information content (AvgIpc) is 2.74. The molecule has 1 N–H and O–H groups in total. The Bertz CT molecular complexity index is 1000. The monoisotopic (exact) mass is 390 g/mol. The van der Waals surface area contributed by atoms with E-state index in [1.54, 1.807) is 20.1 Å². The van der Waals surface area contributed by atoms with Crippen LogP contribution in [0.3, 0.4) is 0 Å². The van der Waals surface area contributed by atoms with Crippen molar-refractivity contribution in [3.63, 3.8) is 0 Å². The lowest BCUT2D eigenvalue weighted by atomic mass is 9.88. The van der Waals surface area contributed by atoms with Crippen LogP contribution in [0.2, 0.25) is 0 Å². The fourth-order valence-electron chi connectivity index (χ4n) is 3.19. The van der Waals surface area contributed by atoms with Gasteiger partial charge in [-0.1, -0.05) is 48.5 Å². The molecule has 0 aliphatic rings. The number of benzene rings is 3. The first-order valence-corrected chi connectivity index (χ1v) is 9.21. The molecule has 0 aliphatic heterocycles. The van der Waals surface area contributed by atoms with Crippen molar-refractivity contribution in [2.24, 2.45) is 0 Å². The molecule has 0 aromatic heterocycles. The first kappa shape index (κ1) is 20.1. The third-order valence-electron chi connectivity index (χ3n) is 4.82. The summed E-state index contributed by atoms with van der Waals surface area (Å²) < 4.78 is 5.22. The Morgan fingerprint density at radius 2 is 1.69 bits per heavy atom. The molecule has 0 radical (unpaired) electrons. The predicted octanol–water partition coefficient (Wildman–Crippen LogP) is 5.07. The molecule has 3 aromatic rings. The summed E-state index contributed by atoms with van der Waals surface area (Å²) in [6, 6.07) is 21.9. The summed E-state index contributed by atoms with van der Waals surface area (Å²) >= 11 is 0. The van der Waals surface area contributed by atoms with Gasteiger partial charge in [-0.25, -0.2) is 0 Å². The maximum atomic E-state index is 12.8. The minimum absolute atomic E-state index is 0.0549. The third kappa shape index (κ3) is 4.99. The second kappa shape index (κ2) is 9.01. The van der Waals surface area contributed by atoms with Crippen LogP contribution in [0.1, 0.15) is 29.0 Å². The molecule has 3 aromatic carbocycles. The van der Waals surface area contributed by atoms with Gasteiger partial charge in [-0.15, -0.1) is 0 Å². The number of anilines is 1. The first-order chi connectivity index (χ1) is 14.0. The summed E-state index contributed by atoms with van der Waals surface area (Å²) in [4.78, 5) is 23.4. The third-order valence-corrected chi connectivity index (χ3v) is 4.82. The van der Waals surface area contributed by atoms with Crippen LogP contribution in [0, 0.1) is 17.0 Å². The summed E-state index contributed by atoms with van der Waals surface area (Å²) in [5.41, 5.74) is 3.17. The Morgan fingerprint density at radius 3 is 2.31 bits per heavy atom. The van der Waals surface area contributed by atoms with Gasteiger partial charge >= 0.3 is 0 Å². The van der Waals surface area contributed by atoms with Crippen molar-refractivity contribution in [3.8, 4) is 5.75 Å². The number of amides is 1. The van der Waals surface area contributed by atoms with Gasteiger partial charge < -0.3 is 10.1 Å². The van der Waals surface area contributed by atoms with E-state index in [2.05, 4.69) is 5.32 Å². The fourth-order valence-corrected chi connectivity index (χ4v) is 3.19. The summed E-state index contributed by atoms with van der Waals surface area (Å²) in [5.74, 6) is 0.386. The number of aryl methyl sites for hydroxylation is 1. The molecule has 0 bridgehead atoms. The smallest absolute Gasteiger partial charge is 0.271 e. The lowest BCUT2D eigenvalue weighted by Gasteiger charge is -2.18. The number of hydrogen-bond acceptors (Lipinski definition) is 4. The number of methoxy groups -OCH3 is 1. The van der Waals surface area contributed by atoms with Crippen LogP contribution >= 0.6 is 0 Å². The SMILES string of the molecule is COc1ccc(C(CC(=O)Nc2cc([N+](=O)[O-])ccc2C)c2ccccc2)cc1. The Labute approximate surface area is 169 Å². The van der Waals surface area contributed by atoms with E-state index in [0.29, 0.717) is 5.69 Å². The molecule has 0 aliphatic carbocycles. The van der Waals surface area contributed by atoms with Gasteiger partial charge in [0.15, 0.2) is 0 Å². The van der Waals surface area contributed by atoms with Gasteiger partial charge in [0.2, 0.25) is 5.91 Å². The van der Waals surface area contributed by atoms with E-state index < -0.39 is 4.92 Å². The van der Waals surface area contributed by atoms with Crippen molar-refractivity contribution in [1.82, 2.24) is 0 Å².